The number of likely N-dealkylation sites (N-methyl/N-ethyl adjacent to an activating group) is 1. The highest BCUT2D eigenvalue weighted by Crippen LogP contribution is 2.33. The van der Waals surface area contributed by atoms with Gasteiger partial charge in [-0.3, -0.25) is 9.59 Å². The minimum absolute atomic E-state index is 0.0476. The molecule has 244 valence electrons. The molecule has 0 radical (unpaired) electrons. The zero-order valence-corrected chi connectivity index (χ0v) is 28.3. The van der Waals surface area contributed by atoms with Gasteiger partial charge in [-0.05, 0) is 42.1 Å². The summed E-state index contributed by atoms with van der Waals surface area (Å²) in [6, 6.07) is 14.7. The summed E-state index contributed by atoms with van der Waals surface area (Å²) >= 11 is 1.57. The van der Waals surface area contributed by atoms with Crippen LogP contribution in [0.5, 0.6) is 0 Å². The number of carbonyl (C=O) groups is 2. The van der Waals surface area contributed by atoms with Gasteiger partial charge in [0, 0.05) is 81.3 Å². The van der Waals surface area contributed by atoms with E-state index in [1.54, 1.807) is 11.3 Å². The molecule has 7 rings (SSSR count). The average Bonchev–Trinajstić information content (AvgIpc) is 3.86. The lowest BCUT2D eigenvalue weighted by molar-refractivity contribution is 0.0662. The minimum Gasteiger partial charge on any atom is -0.347 e. The molecule has 2 fully saturated rings. The second kappa shape index (κ2) is 13.4. The van der Waals surface area contributed by atoms with Gasteiger partial charge in [-0.2, -0.15) is 0 Å². The van der Waals surface area contributed by atoms with E-state index in [2.05, 4.69) is 93.6 Å². The highest BCUT2D eigenvalue weighted by molar-refractivity contribution is 7.09. The number of rotatable bonds is 8. The maximum Gasteiger partial charge on any atom is 0.273 e. The number of hydrogen-bond donors (Lipinski definition) is 0. The number of hydrogen-bond acceptors (Lipinski definition) is 6. The lowest BCUT2D eigenvalue weighted by atomic mass is 9.96. The topological polar surface area (TPSA) is 79.5 Å². The SMILES string of the molecule is CC(C)c1nc(C(=O)N2CCC(Cn3cncc3Cn3cc(C(=O)N4CCN(C)CC4)c(-c4cccc5ccccc45)c3)CC2)cs1. The molecule has 0 spiro atoms. The molecule has 2 saturated heterocycles. The van der Waals surface area contributed by atoms with E-state index in [0.29, 0.717) is 24.1 Å². The van der Waals surface area contributed by atoms with Gasteiger partial charge in [0.1, 0.15) is 5.69 Å². The zero-order valence-electron chi connectivity index (χ0n) is 27.5. The van der Waals surface area contributed by atoms with Gasteiger partial charge >= 0.3 is 0 Å². The molecule has 3 aromatic heterocycles. The van der Waals surface area contributed by atoms with E-state index in [1.165, 1.54) is 0 Å². The van der Waals surface area contributed by atoms with Gasteiger partial charge in [0.15, 0.2) is 0 Å². The fraction of sp³-hybridized carbons (Fsp3) is 0.405. The lowest BCUT2D eigenvalue weighted by Gasteiger charge is -2.32. The summed E-state index contributed by atoms with van der Waals surface area (Å²) in [6.07, 6.45) is 9.91. The summed E-state index contributed by atoms with van der Waals surface area (Å²) in [5.74, 6) is 0.926. The Morgan fingerprint density at radius 2 is 1.64 bits per heavy atom. The van der Waals surface area contributed by atoms with Gasteiger partial charge in [-0.25, -0.2) is 9.97 Å². The van der Waals surface area contributed by atoms with E-state index in [9.17, 15) is 9.59 Å². The van der Waals surface area contributed by atoms with Crippen molar-refractivity contribution in [2.75, 3.05) is 46.3 Å². The molecular formula is C37H43N7O2S. The molecule has 9 nitrogen and oxygen atoms in total. The molecule has 0 saturated carbocycles. The van der Waals surface area contributed by atoms with Gasteiger partial charge in [0.05, 0.1) is 29.1 Å². The summed E-state index contributed by atoms with van der Waals surface area (Å²) in [5.41, 5.74) is 4.47. The van der Waals surface area contributed by atoms with Crippen molar-refractivity contribution in [1.29, 1.82) is 0 Å². The number of nitrogens with zero attached hydrogens (tertiary/aromatic N) is 7. The number of piperazine rings is 1. The summed E-state index contributed by atoms with van der Waals surface area (Å²) in [4.78, 5) is 42.5. The monoisotopic (exact) mass is 649 g/mol. The predicted octanol–water partition coefficient (Wildman–Crippen LogP) is 6.07. The molecule has 5 heterocycles. The quantitative estimate of drug-likeness (QED) is 0.204. The number of carbonyl (C=O) groups excluding carboxylic acids is 2. The van der Waals surface area contributed by atoms with Crippen molar-refractivity contribution in [2.45, 2.75) is 45.7 Å². The van der Waals surface area contributed by atoms with Crippen molar-refractivity contribution in [3.05, 3.63) is 94.7 Å². The lowest BCUT2D eigenvalue weighted by Crippen LogP contribution is -2.47. The molecule has 0 bridgehead atoms. The summed E-state index contributed by atoms with van der Waals surface area (Å²) < 4.78 is 4.39. The van der Waals surface area contributed by atoms with Crippen LogP contribution in [-0.4, -0.2) is 91.9 Å². The first kappa shape index (κ1) is 31.3. The van der Waals surface area contributed by atoms with Crippen molar-refractivity contribution < 1.29 is 9.59 Å². The Balaban J connectivity index is 1.08. The Hall–Kier alpha value is -4.28. The van der Waals surface area contributed by atoms with E-state index in [4.69, 9.17) is 0 Å². The van der Waals surface area contributed by atoms with Gasteiger partial charge < -0.3 is 23.8 Å². The maximum absolute atomic E-state index is 14.0. The molecule has 0 aliphatic carbocycles. The number of thiazole rings is 1. The van der Waals surface area contributed by atoms with Crippen LogP contribution in [0, 0.1) is 5.92 Å². The van der Waals surface area contributed by atoms with Crippen LogP contribution in [0.2, 0.25) is 0 Å². The Morgan fingerprint density at radius 3 is 2.40 bits per heavy atom. The Bertz CT molecular complexity index is 1870. The number of amides is 2. The van der Waals surface area contributed by atoms with Crippen LogP contribution in [-0.2, 0) is 13.1 Å². The third-order valence-corrected chi connectivity index (χ3v) is 10.9. The number of piperidine rings is 1. The second-order valence-electron chi connectivity index (χ2n) is 13.4. The first-order valence-corrected chi connectivity index (χ1v) is 17.6. The molecule has 10 heteroatoms. The fourth-order valence-electron chi connectivity index (χ4n) is 6.87. The van der Waals surface area contributed by atoms with Gasteiger partial charge in [-0.1, -0.05) is 56.3 Å². The van der Waals surface area contributed by atoms with E-state index in [1.807, 2.05) is 33.9 Å². The van der Waals surface area contributed by atoms with Crippen molar-refractivity contribution in [3.8, 4) is 11.1 Å². The molecule has 0 unspecified atom stereocenters. The standard InChI is InChI=1S/C37H43N7O2S/c1-26(2)35-39-34(24-47-35)37(46)42-13-11-27(12-14-42)20-44-25-38-19-29(44)21-41-22-32(31-10-6-8-28-7-4-5-9-30(28)31)33(23-41)36(45)43-17-15-40(3)16-18-43/h4-10,19,22-27H,11-18,20-21H2,1-3H3. The van der Waals surface area contributed by atoms with Crippen LogP contribution >= 0.6 is 11.3 Å². The number of aromatic nitrogens is 4. The highest BCUT2D eigenvalue weighted by Gasteiger charge is 2.27. The van der Waals surface area contributed by atoms with Gasteiger partial charge in [0.2, 0.25) is 0 Å². The van der Waals surface area contributed by atoms with Crippen LogP contribution in [0.15, 0.2) is 72.8 Å². The zero-order chi connectivity index (χ0) is 32.5. The maximum atomic E-state index is 14.0. The van der Waals surface area contributed by atoms with Crippen LogP contribution in [0.3, 0.4) is 0 Å². The van der Waals surface area contributed by atoms with Gasteiger partial charge in [0.25, 0.3) is 11.8 Å². The smallest absolute Gasteiger partial charge is 0.273 e. The normalized spacial score (nSPS) is 16.4. The molecule has 2 amide bonds. The van der Waals surface area contributed by atoms with E-state index < -0.39 is 0 Å². The number of fused-ring (bicyclic) bond motifs is 1. The Labute approximate surface area is 280 Å². The Morgan fingerprint density at radius 1 is 0.894 bits per heavy atom. The third kappa shape index (κ3) is 6.62. The first-order valence-electron chi connectivity index (χ1n) is 16.7. The molecule has 2 aliphatic heterocycles. The molecule has 5 aromatic rings. The largest absolute Gasteiger partial charge is 0.347 e. The minimum atomic E-state index is 0.0476. The highest BCUT2D eigenvalue weighted by atomic mass is 32.1. The molecule has 47 heavy (non-hydrogen) atoms. The van der Waals surface area contributed by atoms with Crippen molar-refractivity contribution in [1.82, 2.24) is 33.8 Å². The summed E-state index contributed by atoms with van der Waals surface area (Å²) in [6.45, 7) is 10.4. The molecule has 0 N–H and O–H groups in total. The summed E-state index contributed by atoms with van der Waals surface area (Å²) in [5, 5.41) is 5.22. The molecule has 2 aliphatic rings. The second-order valence-corrected chi connectivity index (χ2v) is 14.3. The average molecular weight is 650 g/mol. The van der Waals surface area contributed by atoms with Crippen LogP contribution in [0.4, 0.5) is 0 Å². The van der Waals surface area contributed by atoms with E-state index in [-0.39, 0.29) is 11.8 Å². The fourth-order valence-corrected chi connectivity index (χ4v) is 7.67. The van der Waals surface area contributed by atoms with Crippen LogP contribution in [0.25, 0.3) is 21.9 Å². The molecule has 0 atom stereocenters. The number of imidazole rings is 1. The Kier molecular flexibility index (Phi) is 8.96. The van der Waals surface area contributed by atoms with Crippen molar-refractivity contribution in [2.24, 2.45) is 5.92 Å². The van der Waals surface area contributed by atoms with Crippen LogP contribution < -0.4 is 0 Å². The van der Waals surface area contributed by atoms with Crippen molar-refractivity contribution >= 4 is 33.9 Å². The number of benzene rings is 2. The molecular weight excluding hydrogens is 607 g/mol. The van der Waals surface area contributed by atoms with E-state index in [0.717, 1.165) is 96.8 Å². The van der Waals surface area contributed by atoms with Gasteiger partial charge in [-0.15, -0.1) is 11.3 Å². The summed E-state index contributed by atoms with van der Waals surface area (Å²) in [7, 11) is 2.11. The van der Waals surface area contributed by atoms with Crippen molar-refractivity contribution in [3.63, 3.8) is 0 Å². The predicted molar refractivity (Wildman–Crippen MR) is 187 cm³/mol. The van der Waals surface area contributed by atoms with Crippen LogP contribution in [0.1, 0.15) is 64.2 Å². The first-order chi connectivity index (χ1) is 22.8. The molecule has 2 aromatic carbocycles. The number of likely N-dealkylation sites (tertiary alicyclic amines) is 1. The van der Waals surface area contributed by atoms with E-state index >= 15 is 0 Å². The third-order valence-electron chi connectivity index (χ3n) is 9.72.